The fourth-order valence-electron chi connectivity index (χ4n) is 11.0. The van der Waals surface area contributed by atoms with Gasteiger partial charge in [-0.3, -0.25) is 4.90 Å². The van der Waals surface area contributed by atoms with E-state index < -0.39 is 0 Å². The number of benzene rings is 10. The number of nitrogens with zero attached hydrogens (tertiary/aromatic N) is 4. The maximum atomic E-state index is 5.56. The van der Waals surface area contributed by atoms with E-state index >= 15 is 0 Å². The smallest absolute Gasteiger partial charge is 0.243 e. The summed E-state index contributed by atoms with van der Waals surface area (Å²) >= 11 is 0. The van der Waals surface area contributed by atoms with E-state index in [2.05, 4.69) is 253 Å². The molecule has 0 saturated heterocycles. The van der Waals surface area contributed by atoms with Gasteiger partial charge in [0, 0.05) is 22.2 Å². The lowest BCUT2D eigenvalue weighted by atomic mass is 9.33. The molecule has 0 N–H and O–H groups in total. The first-order chi connectivity index (χ1) is 35.2. The summed E-state index contributed by atoms with van der Waals surface area (Å²) in [4.78, 5) is 18.6. The van der Waals surface area contributed by atoms with Crippen molar-refractivity contribution in [2.24, 2.45) is 0 Å². The molecule has 0 radical (unpaired) electrons. The Morgan fingerprint density at radius 2 is 0.708 bits per heavy atom. The topological polar surface area (TPSA) is 41.9 Å². The van der Waals surface area contributed by atoms with Crippen LogP contribution in [0.25, 0.3) is 66.9 Å². The molecule has 10 aromatic carbocycles. The Kier molecular flexibility index (Phi) is 12.5. The van der Waals surface area contributed by atoms with Crippen LogP contribution in [0.5, 0.6) is 0 Å². The highest BCUT2D eigenvalue weighted by Gasteiger charge is 2.31. The third kappa shape index (κ3) is 9.02. The number of anilines is 3. The van der Waals surface area contributed by atoms with Crippen LogP contribution in [0, 0.1) is 41.5 Å². The summed E-state index contributed by atoms with van der Waals surface area (Å²) in [5.41, 5.74) is 22.1. The molecule has 11 rings (SSSR count). The van der Waals surface area contributed by atoms with Gasteiger partial charge in [0.2, 0.25) is 12.7 Å². The van der Waals surface area contributed by atoms with Crippen LogP contribution in [-0.4, -0.2) is 21.7 Å². The number of aryl methyl sites for hydroxylation is 6. The first kappa shape index (κ1) is 45.8. The van der Waals surface area contributed by atoms with Crippen molar-refractivity contribution in [1.82, 2.24) is 15.0 Å². The quantitative estimate of drug-likeness (QED) is 0.121. The van der Waals surface area contributed by atoms with Gasteiger partial charge in [0.25, 0.3) is 0 Å². The number of fused-ring (bicyclic) bond motifs is 1. The number of rotatable bonds is 11. The average molecular weight is 927 g/mol. The third-order valence-corrected chi connectivity index (χ3v) is 14.0. The Morgan fingerprint density at radius 1 is 0.319 bits per heavy atom. The molecule has 11 aromatic rings. The van der Waals surface area contributed by atoms with E-state index in [0.717, 1.165) is 61.3 Å². The molecule has 0 saturated carbocycles. The van der Waals surface area contributed by atoms with Crippen LogP contribution in [0.15, 0.2) is 224 Å². The zero-order chi connectivity index (χ0) is 49.3. The van der Waals surface area contributed by atoms with Crippen molar-refractivity contribution >= 4 is 51.2 Å². The maximum absolute atomic E-state index is 5.56. The van der Waals surface area contributed by atoms with Crippen LogP contribution < -0.4 is 21.3 Å². The van der Waals surface area contributed by atoms with Gasteiger partial charge in [0.1, 0.15) is 0 Å². The largest absolute Gasteiger partial charge is 0.278 e. The summed E-state index contributed by atoms with van der Waals surface area (Å²) in [5, 5.41) is 2.27. The predicted octanol–water partition coefficient (Wildman–Crippen LogP) is 15.2. The molecule has 0 spiro atoms. The zero-order valence-electron chi connectivity index (χ0n) is 41.7. The Labute approximate surface area is 424 Å². The highest BCUT2D eigenvalue weighted by Crippen LogP contribution is 2.40. The Hall–Kier alpha value is -8.67. The Bertz CT molecular complexity index is 3580. The molecule has 0 bridgehead atoms. The second-order valence-electron chi connectivity index (χ2n) is 19.2. The molecular weight excluding hydrogens is 872 g/mol. The lowest BCUT2D eigenvalue weighted by Gasteiger charge is -2.29. The van der Waals surface area contributed by atoms with E-state index in [0.29, 0.717) is 17.6 Å². The minimum Gasteiger partial charge on any atom is -0.278 e. The molecule has 0 atom stereocenters. The summed E-state index contributed by atoms with van der Waals surface area (Å²) in [7, 11) is 0. The molecule has 0 aliphatic rings. The summed E-state index contributed by atoms with van der Waals surface area (Å²) in [6.07, 6.45) is 0. The van der Waals surface area contributed by atoms with Crippen LogP contribution in [0.2, 0.25) is 0 Å². The van der Waals surface area contributed by atoms with Gasteiger partial charge in [-0.2, -0.15) is 9.97 Å². The van der Waals surface area contributed by atoms with Gasteiger partial charge >= 0.3 is 0 Å². The third-order valence-electron chi connectivity index (χ3n) is 14.0. The minimum absolute atomic E-state index is 0.0204. The molecule has 5 heteroatoms. The molecular formula is C67H55BN4. The molecule has 0 aliphatic carbocycles. The van der Waals surface area contributed by atoms with Gasteiger partial charge in [-0.05, 0) is 117 Å². The monoisotopic (exact) mass is 926 g/mol. The predicted molar refractivity (Wildman–Crippen MR) is 305 cm³/mol. The van der Waals surface area contributed by atoms with Crippen molar-refractivity contribution in [1.29, 1.82) is 0 Å². The van der Waals surface area contributed by atoms with Crippen molar-refractivity contribution in [2.75, 3.05) is 4.90 Å². The van der Waals surface area contributed by atoms with E-state index in [1.807, 2.05) is 18.2 Å². The summed E-state index contributed by atoms with van der Waals surface area (Å²) in [5.74, 6) is 1.68. The van der Waals surface area contributed by atoms with Crippen molar-refractivity contribution in [3.63, 3.8) is 0 Å². The van der Waals surface area contributed by atoms with Crippen LogP contribution in [0.3, 0.4) is 0 Å². The number of hydrogen-bond donors (Lipinski definition) is 0. The molecule has 1 aromatic heterocycles. The number of aromatic nitrogens is 3. The molecule has 0 unspecified atom stereocenters. The lowest BCUT2D eigenvalue weighted by Crippen LogP contribution is -2.56. The molecule has 4 nitrogen and oxygen atoms in total. The van der Waals surface area contributed by atoms with Gasteiger partial charge in [-0.15, -0.1) is 0 Å². The Balaban J connectivity index is 1.18. The molecule has 0 amide bonds. The molecule has 346 valence electrons. The van der Waals surface area contributed by atoms with Crippen molar-refractivity contribution in [2.45, 2.75) is 41.5 Å². The van der Waals surface area contributed by atoms with Gasteiger partial charge in [0.15, 0.2) is 11.6 Å². The lowest BCUT2D eigenvalue weighted by molar-refractivity contribution is 1.02. The standard InChI is InChI=1S/C67H55BN4/c1-44-37-46(3)63(47(4)38-44)68(64-48(5)39-45(2)40-49(64)6)61-35-36-62(60-30-20-19-29-59(60)61)72(58-33-31-53(32-34-58)50-21-11-7-12-22-50)67-70-65(54-27-17-10-18-28-54)69-66(71-67)57-42-55(51-23-13-8-14-24-51)41-56(43-57)52-25-15-9-16-26-52/h7-43H,1-6H3. The second-order valence-corrected chi connectivity index (χ2v) is 19.2. The zero-order valence-corrected chi connectivity index (χ0v) is 41.7. The van der Waals surface area contributed by atoms with E-state index in [1.54, 1.807) is 0 Å². The van der Waals surface area contributed by atoms with E-state index in [4.69, 9.17) is 15.0 Å². The molecule has 72 heavy (non-hydrogen) atoms. The first-order valence-corrected chi connectivity index (χ1v) is 24.9. The van der Waals surface area contributed by atoms with E-state index in [1.165, 1.54) is 55.2 Å². The SMILES string of the molecule is Cc1cc(C)c(B(c2c(C)cc(C)cc2C)c2ccc(N(c3ccc(-c4ccccc4)cc3)c3nc(-c4ccccc4)nc(-c4cc(-c5ccccc5)cc(-c5ccccc5)c4)n3)c3ccccc23)c(C)c1. The van der Waals surface area contributed by atoms with Crippen molar-refractivity contribution < 1.29 is 0 Å². The van der Waals surface area contributed by atoms with Crippen LogP contribution in [-0.2, 0) is 0 Å². The highest BCUT2D eigenvalue weighted by atomic mass is 15.3. The van der Waals surface area contributed by atoms with Crippen molar-refractivity contribution in [3.8, 4) is 56.2 Å². The van der Waals surface area contributed by atoms with E-state index in [-0.39, 0.29) is 6.71 Å². The fraction of sp³-hybridized carbons (Fsp3) is 0.0896. The number of hydrogen-bond acceptors (Lipinski definition) is 4. The van der Waals surface area contributed by atoms with E-state index in [9.17, 15) is 0 Å². The first-order valence-electron chi connectivity index (χ1n) is 24.9. The minimum atomic E-state index is -0.0204. The highest BCUT2D eigenvalue weighted by molar-refractivity contribution is 6.98. The fourth-order valence-corrected chi connectivity index (χ4v) is 11.0. The van der Waals surface area contributed by atoms with Crippen LogP contribution in [0.1, 0.15) is 33.4 Å². The Morgan fingerprint density at radius 3 is 1.19 bits per heavy atom. The molecule has 1 heterocycles. The molecule has 0 aliphatic heterocycles. The van der Waals surface area contributed by atoms with Crippen LogP contribution in [0.4, 0.5) is 17.3 Å². The maximum Gasteiger partial charge on any atom is 0.243 e. The second kappa shape index (κ2) is 19.6. The average Bonchev–Trinajstić information content (AvgIpc) is 3.41. The van der Waals surface area contributed by atoms with Gasteiger partial charge in [0.05, 0.1) is 5.69 Å². The van der Waals surface area contributed by atoms with Gasteiger partial charge in [-0.25, -0.2) is 4.98 Å². The normalized spacial score (nSPS) is 11.2. The summed E-state index contributed by atoms with van der Waals surface area (Å²) in [6, 6.07) is 80.3. The van der Waals surface area contributed by atoms with Crippen LogP contribution >= 0.6 is 0 Å². The van der Waals surface area contributed by atoms with Crippen molar-refractivity contribution in [3.05, 3.63) is 258 Å². The molecule has 0 fully saturated rings. The summed E-state index contributed by atoms with van der Waals surface area (Å²) in [6.45, 7) is 13.5. The van der Waals surface area contributed by atoms with Gasteiger partial charge in [-0.1, -0.05) is 238 Å². The van der Waals surface area contributed by atoms with Gasteiger partial charge < -0.3 is 0 Å². The summed E-state index contributed by atoms with van der Waals surface area (Å²) < 4.78 is 0.